The second kappa shape index (κ2) is 10.4. The van der Waals surface area contributed by atoms with Crippen LogP contribution in [0.2, 0.25) is 0 Å². The van der Waals surface area contributed by atoms with Crippen LogP contribution in [0.5, 0.6) is 0 Å². The van der Waals surface area contributed by atoms with Crippen LogP contribution in [0.1, 0.15) is 30.1 Å². The summed E-state index contributed by atoms with van der Waals surface area (Å²) in [5, 5.41) is 37.0. The van der Waals surface area contributed by atoms with Crippen molar-refractivity contribution in [2.75, 3.05) is 48.6 Å². The molecule has 5 aliphatic carbocycles. The third-order valence-electron chi connectivity index (χ3n) is 12.9. The van der Waals surface area contributed by atoms with E-state index in [-0.39, 0.29) is 25.0 Å². The van der Waals surface area contributed by atoms with Crippen LogP contribution in [-0.2, 0) is 33.2 Å². The molecule has 0 amide bonds. The molecule has 1 spiro atoms. The van der Waals surface area contributed by atoms with Crippen LogP contribution >= 0.6 is 0 Å². The summed E-state index contributed by atoms with van der Waals surface area (Å²) in [6.45, 7) is 2.00. The van der Waals surface area contributed by atoms with E-state index in [9.17, 15) is 24.9 Å². The smallest absolute Gasteiger partial charge is 0.338 e. The lowest BCUT2D eigenvalue weighted by atomic mass is 9.42. The molecule has 1 aromatic carbocycles. The maximum absolute atomic E-state index is 13.7. The largest absolute Gasteiger partial charge is 0.455 e. The van der Waals surface area contributed by atoms with Gasteiger partial charge in [0.25, 0.3) is 0 Å². The molecule has 7 bridgehead atoms. The Balaban J connectivity index is 1.52. The number of nitrogens with zero attached hydrogens (tertiary/aromatic N) is 1. The number of methoxy groups -OCH3 is 4. The molecule has 5 saturated carbocycles. The van der Waals surface area contributed by atoms with E-state index in [1.54, 1.807) is 51.7 Å². The summed E-state index contributed by atoms with van der Waals surface area (Å²) in [4.78, 5) is 29.1. The minimum Gasteiger partial charge on any atom is -0.455 e. The van der Waals surface area contributed by atoms with E-state index < -0.39 is 88.3 Å². The summed E-state index contributed by atoms with van der Waals surface area (Å²) in [6, 6.07) is 8.15. The van der Waals surface area contributed by atoms with Crippen molar-refractivity contribution in [3.63, 3.8) is 0 Å². The molecule has 12 nitrogen and oxygen atoms in total. The number of fused-ring (bicyclic) bond motifs is 2. The van der Waals surface area contributed by atoms with Gasteiger partial charge in [0.2, 0.25) is 0 Å². The average Bonchev–Trinajstić information content (AvgIpc) is 3.40. The van der Waals surface area contributed by atoms with Gasteiger partial charge in [-0.2, -0.15) is 0 Å². The molecule has 10 unspecified atom stereocenters. The minimum absolute atomic E-state index is 0.0754. The number of benzene rings is 1. The zero-order valence-corrected chi connectivity index (χ0v) is 26.6. The van der Waals surface area contributed by atoms with E-state index in [4.69, 9.17) is 28.4 Å². The molecule has 45 heavy (non-hydrogen) atoms. The Labute approximate surface area is 262 Å². The van der Waals surface area contributed by atoms with Crippen LogP contribution < -0.4 is 0 Å². The highest BCUT2D eigenvalue weighted by Crippen LogP contribution is 2.80. The number of aliphatic hydroxyl groups excluding tert-OH is 2. The van der Waals surface area contributed by atoms with E-state index in [0.29, 0.717) is 18.5 Å². The van der Waals surface area contributed by atoms with Gasteiger partial charge >= 0.3 is 11.9 Å². The first-order valence-corrected chi connectivity index (χ1v) is 15.8. The average molecular weight is 632 g/mol. The number of hydrogen-bond acceptors (Lipinski definition) is 12. The van der Waals surface area contributed by atoms with Gasteiger partial charge in [-0.3, -0.25) is 4.79 Å². The van der Waals surface area contributed by atoms with Crippen molar-refractivity contribution in [2.24, 2.45) is 34.5 Å². The third-order valence-corrected chi connectivity index (χ3v) is 12.9. The summed E-state index contributed by atoms with van der Waals surface area (Å²) in [5.74, 6) is -3.66. The lowest BCUT2D eigenvalue weighted by Gasteiger charge is -2.70. The van der Waals surface area contributed by atoms with Gasteiger partial charge in [0.05, 0.1) is 30.5 Å². The highest BCUT2D eigenvalue weighted by Gasteiger charge is 2.92. The van der Waals surface area contributed by atoms with Crippen LogP contribution in [0.3, 0.4) is 0 Å². The number of hydrogen-bond donors (Lipinski definition) is 3. The minimum atomic E-state index is -1.83. The maximum Gasteiger partial charge on any atom is 0.338 e. The number of ether oxygens (including phenoxy) is 6. The molecule has 1 aromatic rings. The zero-order chi connectivity index (χ0) is 32.3. The second-order valence-corrected chi connectivity index (χ2v) is 14.3. The maximum atomic E-state index is 13.7. The molecule has 1 heterocycles. The van der Waals surface area contributed by atoms with Gasteiger partial charge in [-0.25, -0.2) is 4.79 Å². The van der Waals surface area contributed by atoms with Crippen molar-refractivity contribution < 1.29 is 53.3 Å². The molecule has 0 radical (unpaired) electrons. The van der Waals surface area contributed by atoms with E-state index in [1.165, 1.54) is 14.0 Å². The fraction of sp³-hybridized carbons (Fsp3) is 0.758. The summed E-state index contributed by atoms with van der Waals surface area (Å²) < 4.78 is 37.2. The first kappa shape index (κ1) is 31.4. The van der Waals surface area contributed by atoms with Crippen molar-refractivity contribution in [1.82, 2.24) is 4.90 Å². The van der Waals surface area contributed by atoms with Crippen LogP contribution in [0.4, 0.5) is 0 Å². The second-order valence-electron chi connectivity index (χ2n) is 14.3. The van der Waals surface area contributed by atoms with Gasteiger partial charge in [-0.15, -0.1) is 0 Å². The van der Waals surface area contributed by atoms with E-state index >= 15 is 0 Å². The van der Waals surface area contributed by atoms with Crippen LogP contribution in [-0.4, -0.2) is 135 Å². The fourth-order valence-corrected chi connectivity index (χ4v) is 12.2. The first-order chi connectivity index (χ1) is 21.4. The molecule has 3 N–H and O–H groups in total. The van der Waals surface area contributed by atoms with Crippen molar-refractivity contribution in [3.8, 4) is 0 Å². The molecule has 6 fully saturated rings. The number of carbonyl (C=O) groups is 2. The van der Waals surface area contributed by atoms with E-state index in [0.717, 1.165) is 0 Å². The molecule has 12 heteroatoms. The van der Waals surface area contributed by atoms with Crippen LogP contribution in [0.25, 0.3) is 0 Å². The summed E-state index contributed by atoms with van der Waals surface area (Å²) in [6.07, 6.45) is -5.50. The quantitative estimate of drug-likeness (QED) is 0.337. The Morgan fingerprint density at radius 3 is 2.31 bits per heavy atom. The van der Waals surface area contributed by atoms with Gasteiger partial charge in [0.15, 0.2) is 5.60 Å². The van der Waals surface area contributed by atoms with Gasteiger partial charge in [0, 0.05) is 83.0 Å². The Hall–Kier alpha value is -2.16. The Kier molecular flexibility index (Phi) is 7.28. The van der Waals surface area contributed by atoms with Gasteiger partial charge in [-0.05, 0) is 31.5 Å². The Morgan fingerprint density at radius 1 is 1.00 bits per heavy atom. The number of rotatable bonds is 8. The molecule has 0 aromatic heterocycles. The number of piperidine rings is 1. The molecule has 1 aliphatic heterocycles. The lowest BCUT2D eigenvalue weighted by Crippen LogP contribution is -2.81. The molecular weight excluding hydrogens is 586 g/mol. The first-order valence-electron chi connectivity index (χ1n) is 15.8. The van der Waals surface area contributed by atoms with Crippen LogP contribution in [0, 0.1) is 34.5 Å². The van der Waals surface area contributed by atoms with E-state index in [2.05, 4.69) is 4.90 Å². The SMILES string of the molecule is COC[C@]12CN(C)[C@@H]3C4C(OC)C1C3(C(OC)CC2O)C1C[C@@]2(O)C(OC(=O)c3ccccc3)C1[C@]4(OC(C)=O)[C@@H](O)C2OC. The summed E-state index contributed by atoms with van der Waals surface area (Å²) >= 11 is 0. The highest BCUT2D eigenvalue weighted by atomic mass is 16.6. The molecule has 6 aliphatic rings. The normalized spacial score (nSPS) is 50.7. The lowest BCUT2D eigenvalue weighted by molar-refractivity contribution is -0.321. The Morgan fingerprint density at radius 2 is 1.71 bits per heavy atom. The Bertz CT molecular complexity index is 1350. The summed E-state index contributed by atoms with van der Waals surface area (Å²) in [5.41, 5.74) is -4.79. The summed E-state index contributed by atoms with van der Waals surface area (Å²) in [7, 11) is 8.20. The number of aliphatic hydroxyl groups is 3. The van der Waals surface area contributed by atoms with Crippen molar-refractivity contribution >= 4 is 11.9 Å². The van der Waals surface area contributed by atoms with Gasteiger partial charge < -0.3 is 48.6 Å². The standard InChI is InChI=1S/C33H45NO11/c1-16(35)45-33-21-18(13-31(39,28(43-6)26(33)37)27(21)44-29(38)17-10-8-7-9-11-17)32-20(41-4)12-19(36)30(15-40-3)14-34(2)25(32)22(33)23(42-5)24(30)32/h7-11,18-28,36-37,39H,12-15H2,1-6H3/t18?,19?,20?,21?,22?,23?,24?,25-,26+,27?,28?,30+,31-,32?,33-/m1/s1. The number of carbonyl (C=O) groups excluding carboxylic acids is 2. The highest BCUT2D eigenvalue weighted by molar-refractivity contribution is 5.89. The molecule has 1 saturated heterocycles. The van der Waals surface area contributed by atoms with Crippen LogP contribution in [0.15, 0.2) is 30.3 Å². The van der Waals surface area contributed by atoms with Crippen molar-refractivity contribution in [2.45, 2.75) is 73.6 Å². The third kappa shape index (κ3) is 3.55. The van der Waals surface area contributed by atoms with Crippen molar-refractivity contribution in [1.29, 1.82) is 0 Å². The molecular formula is C33H45NO11. The molecule has 7 rings (SSSR count). The van der Waals surface area contributed by atoms with Gasteiger partial charge in [-0.1, -0.05) is 18.2 Å². The molecule has 248 valence electrons. The topological polar surface area (TPSA) is 153 Å². The predicted molar refractivity (Wildman–Crippen MR) is 156 cm³/mol. The number of esters is 2. The predicted octanol–water partition coefficient (Wildman–Crippen LogP) is 0.258. The van der Waals surface area contributed by atoms with E-state index in [1.807, 2.05) is 7.05 Å². The fourth-order valence-electron chi connectivity index (χ4n) is 12.2. The number of likely N-dealkylation sites (tertiary alicyclic amines) is 1. The van der Waals surface area contributed by atoms with Gasteiger partial charge in [0.1, 0.15) is 23.9 Å². The zero-order valence-electron chi connectivity index (χ0n) is 26.6. The molecule has 15 atom stereocenters. The monoisotopic (exact) mass is 631 g/mol. The van der Waals surface area contributed by atoms with Crippen molar-refractivity contribution in [3.05, 3.63) is 35.9 Å².